The molecule has 3 aromatic heterocycles. The van der Waals surface area contributed by atoms with E-state index in [1.807, 2.05) is 31.5 Å². The van der Waals surface area contributed by atoms with Gasteiger partial charge in [0.25, 0.3) is 5.82 Å². The van der Waals surface area contributed by atoms with Crippen molar-refractivity contribution in [2.24, 2.45) is 7.05 Å². The molecule has 0 saturated carbocycles. The molecule has 0 bridgehead atoms. The minimum absolute atomic E-state index is 0.0124. The summed E-state index contributed by atoms with van der Waals surface area (Å²) in [5.74, 6) is 2.90. The Morgan fingerprint density at radius 1 is 1.15 bits per heavy atom. The fraction of sp³-hybridized carbons (Fsp3) is 0.333. The number of rotatable bonds is 1. The predicted molar refractivity (Wildman–Crippen MR) is 107 cm³/mol. The third-order valence-corrected chi connectivity index (χ3v) is 5.10. The maximum atomic E-state index is 7.78. The first-order chi connectivity index (χ1) is 14.7. The van der Waals surface area contributed by atoms with Crippen LogP contribution in [0.2, 0.25) is 6.82 Å². The molecule has 0 radical (unpaired) electrons. The van der Waals surface area contributed by atoms with E-state index in [-0.39, 0.29) is 12.5 Å². The molecule has 1 aliphatic rings. The lowest BCUT2D eigenvalue weighted by Crippen LogP contribution is -2.50. The van der Waals surface area contributed by atoms with Gasteiger partial charge in [0.05, 0.1) is 18.6 Å². The van der Waals surface area contributed by atoms with Gasteiger partial charge in [-0.1, -0.05) is 5.98 Å². The molecule has 5 heteroatoms. The topological polar surface area (TPSA) is 33.2 Å². The lowest BCUT2D eigenvalue weighted by atomic mass is 9.60. The highest BCUT2D eigenvalue weighted by atomic mass is 16.3. The molecule has 0 unspecified atom stereocenters. The summed E-state index contributed by atoms with van der Waals surface area (Å²) in [7, 11) is 1.83. The van der Waals surface area contributed by atoms with Crippen molar-refractivity contribution in [3.8, 4) is 0 Å². The SMILES string of the molecule is [2H]C([2H])([2H])c1cc(C)c2c3c(oc2n1)=C(C)N(c1cc(C)c(C([2H])([2H])[2H])c[n+]1C)B(C)C=3. The second kappa shape index (κ2) is 5.73. The quantitative estimate of drug-likeness (QED) is 0.498. The van der Waals surface area contributed by atoms with Crippen molar-refractivity contribution in [1.29, 1.82) is 0 Å². The van der Waals surface area contributed by atoms with Gasteiger partial charge in [-0.25, -0.2) is 9.55 Å². The molecule has 4 nitrogen and oxygen atoms in total. The Bertz CT molecular complexity index is 1370. The highest BCUT2D eigenvalue weighted by Crippen LogP contribution is 2.23. The summed E-state index contributed by atoms with van der Waals surface area (Å²) in [5.41, 5.74) is 3.61. The number of aromatic nitrogens is 2. The summed E-state index contributed by atoms with van der Waals surface area (Å²) >= 11 is 0. The molecule has 0 atom stereocenters. The Morgan fingerprint density at radius 3 is 2.69 bits per heavy atom. The van der Waals surface area contributed by atoms with Crippen LogP contribution in [0.4, 0.5) is 5.82 Å². The van der Waals surface area contributed by atoms with Gasteiger partial charge in [-0.3, -0.25) is 4.81 Å². The molecule has 0 spiro atoms. The highest BCUT2D eigenvalue weighted by Gasteiger charge is 2.34. The largest absolute Gasteiger partial charge is 0.434 e. The average molecular weight is 352 g/mol. The van der Waals surface area contributed by atoms with Crippen molar-refractivity contribution >= 4 is 35.4 Å². The maximum absolute atomic E-state index is 7.78. The van der Waals surface area contributed by atoms with Gasteiger partial charge in [0.15, 0.2) is 5.42 Å². The van der Waals surface area contributed by atoms with E-state index in [1.165, 1.54) is 0 Å². The van der Waals surface area contributed by atoms with Crippen molar-refractivity contribution in [3.63, 3.8) is 0 Å². The zero-order chi connectivity index (χ0) is 23.7. The number of nitrogens with zero attached hydrogens (tertiary/aromatic N) is 3. The third kappa shape index (κ3) is 2.37. The van der Waals surface area contributed by atoms with E-state index in [0.29, 0.717) is 22.3 Å². The molecule has 4 heterocycles. The molecule has 0 N–H and O–H groups in total. The molecule has 26 heavy (non-hydrogen) atoms. The van der Waals surface area contributed by atoms with Crippen LogP contribution >= 0.6 is 0 Å². The number of aryl methyl sites for hydroxylation is 5. The van der Waals surface area contributed by atoms with E-state index in [0.717, 1.165) is 27.7 Å². The first-order valence-corrected chi connectivity index (χ1v) is 8.63. The molecular formula is C21H25BN3O+. The normalized spacial score (nSPS) is 18.4. The Hall–Kier alpha value is -2.56. The molecule has 3 aromatic rings. The second-order valence-electron chi connectivity index (χ2n) is 7.05. The third-order valence-electron chi connectivity index (χ3n) is 5.10. The molecule has 0 amide bonds. The van der Waals surface area contributed by atoms with Gasteiger partial charge in [0.1, 0.15) is 5.70 Å². The summed E-state index contributed by atoms with van der Waals surface area (Å²) in [5, 5.41) is 1.72. The van der Waals surface area contributed by atoms with E-state index in [9.17, 15) is 0 Å². The van der Waals surface area contributed by atoms with Crippen LogP contribution in [-0.4, -0.2) is 11.8 Å². The molecule has 0 aromatic carbocycles. The molecule has 0 aliphatic carbocycles. The van der Waals surface area contributed by atoms with Crippen LogP contribution in [0, 0.1) is 27.6 Å². The predicted octanol–water partition coefficient (Wildman–Crippen LogP) is 2.48. The van der Waals surface area contributed by atoms with Gasteiger partial charge in [-0.2, -0.15) is 0 Å². The van der Waals surface area contributed by atoms with Crippen molar-refractivity contribution in [2.75, 3.05) is 4.81 Å². The van der Waals surface area contributed by atoms with E-state index in [2.05, 4.69) is 22.6 Å². The van der Waals surface area contributed by atoms with Gasteiger partial charge in [0.2, 0.25) is 5.71 Å². The van der Waals surface area contributed by atoms with Crippen LogP contribution in [-0.2, 0) is 7.05 Å². The Morgan fingerprint density at radius 2 is 1.96 bits per heavy atom. The Kier molecular flexibility index (Phi) is 2.47. The van der Waals surface area contributed by atoms with Gasteiger partial charge in [-0.15, -0.1) is 0 Å². The summed E-state index contributed by atoms with van der Waals surface area (Å²) in [6.07, 6.45) is 1.65. The lowest BCUT2D eigenvalue weighted by molar-refractivity contribution is -0.658. The fourth-order valence-corrected chi connectivity index (χ4v) is 3.82. The van der Waals surface area contributed by atoms with Crippen LogP contribution in [0.1, 0.15) is 37.5 Å². The van der Waals surface area contributed by atoms with Crippen molar-refractivity contribution < 1.29 is 17.2 Å². The van der Waals surface area contributed by atoms with Gasteiger partial charge < -0.3 is 4.42 Å². The molecule has 0 saturated heterocycles. The maximum Gasteiger partial charge on any atom is 0.402 e. The Balaban J connectivity index is 1.96. The van der Waals surface area contributed by atoms with E-state index < -0.39 is 13.7 Å². The summed E-state index contributed by atoms with van der Waals surface area (Å²) in [4.78, 5) is 6.38. The number of anilines is 1. The first-order valence-electron chi connectivity index (χ1n) is 11.6. The van der Waals surface area contributed by atoms with Crippen LogP contribution in [0.5, 0.6) is 0 Å². The molecule has 1 aliphatic heterocycles. The van der Waals surface area contributed by atoms with Crippen LogP contribution in [0.25, 0.3) is 22.8 Å². The number of hydrogen-bond donors (Lipinski definition) is 0. The summed E-state index contributed by atoms with van der Waals surface area (Å²) < 4.78 is 54.3. The molecule has 0 fully saturated rings. The summed E-state index contributed by atoms with van der Waals surface area (Å²) in [6.45, 7) is 3.11. The second-order valence-corrected chi connectivity index (χ2v) is 7.05. The average Bonchev–Trinajstić information content (AvgIpc) is 3.01. The smallest absolute Gasteiger partial charge is 0.402 e. The molecule has 132 valence electrons. The zero-order valence-corrected chi connectivity index (χ0v) is 15.6. The lowest BCUT2D eigenvalue weighted by Gasteiger charge is -2.24. The van der Waals surface area contributed by atoms with Gasteiger partial charge in [0, 0.05) is 25.2 Å². The van der Waals surface area contributed by atoms with Crippen LogP contribution in [0.3, 0.4) is 0 Å². The van der Waals surface area contributed by atoms with Crippen molar-refractivity contribution in [3.05, 3.63) is 51.3 Å². The Labute approximate surface area is 163 Å². The number of fused-ring (bicyclic) bond motifs is 3. The number of hydrogen-bond acceptors (Lipinski definition) is 3. The van der Waals surface area contributed by atoms with Gasteiger partial charge >= 0.3 is 6.85 Å². The molecule has 4 rings (SSSR count). The monoisotopic (exact) mass is 352 g/mol. The first kappa shape index (κ1) is 11.2. The van der Waals surface area contributed by atoms with E-state index >= 15 is 0 Å². The van der Waals surface area contributed by atoms with E-state index in [4.69, 9.17) is 12.6 Å². The van der Waals surface area contributed by atoms with Crippen LogP contribution in [0.15, 0.2) is 22.7 Å². The number of furan rings is 1. The van der Waals surface area contributed by atoms with Crippen molar-refractivity contribution in [2.45, 2.75) is 41.3 Å². The molecular weight excluding hydrogens is 321 g/mol. The van der Waals surface area contributed by atoms with E-state index in [1.54, 1.807) is 19.2 Å². The van der Waals surface area contributed by atoms with Crippen LogP contribution < -0.4 is 20.0 Å². The highest BCUT2D eigenvalue weighted by molar-refractivity contribution is 6.77. The van der Waals surface area contributed by atoms with Crippen molar-refractivity contribution in [1.82, 2.24) is 4.98 Å². The summed E-state index contributed by atoms with van der Waals surface area (Å²) in [6, 6.07) is 3.47. The number of pyridine rings is 2. The zero-order valence-electron chi connectivity index (χ0n) is 21.6. The fourth-order valence-electron chi connectivity index (χ4n) is 3.82. The van der Waals surface area contributed by atoms with Gasteiger partial charge in [-0.05, 0) is 64.1 Å². The minimum Gasteiger partial charge on any atom is -0.434 e. The minimum atomic E-state index is -2.32. The standard InChI is InChI=1S/C21H25BN3O/c1-12-9-18(24(7)11-14(12)3)25-16(5)20-17(10-22(25)6)19-13(2)8-15(4)23-21(19)26-20/h8-11H,1-7H3/q+1/i3D3,4D3.